The number of rotatable bonds is 10. The van der Waals surface area contributed by atoms with Crippen molar-refractivity contribution in [2.75, 3.05) is 13.7 Å². The Morgan fingerprint density at radius 2 is 1.89 bits per heavy atom. The minimum Gasteiger partial charge on any atom is -0.493 e. The summed E-state index contributed by atoms with van der Waals surface area (Å²) in [6, 6.07) is 19.2. The molecule has 2 aromatic carbocycles. The molecule has 1 amide bonds. The molecule has 8 heteroatoms. The van der Waals surface area contributed by atoms with E-state index in [2.05, 4.69) is 24.1 Å². The molecule has 196 valence electrons. The maximum absolute atomic E-state index is 13.3. The normalized spacial score (nSPS) is 16.4. The first-order chi connectivity index (χ1) is 18.4. The number of carbonyl (C=O) groups excluding carboxylic acids is 1. The summed E-state index contributed by atoms with van der Waals surface area (Å²) in [6.45, 7) is 7.02. The molecule has 38 heavy (non-hydrogen) atoms. The second-order valence-corrected chi connectivity index (χ2v) is 10.1. The van der Waals surface area contributed by atoms with E-state index >= 15 is 0 Å². The van der Waals surface area contributed by atoms with Gasteiger partial charge in [0.1, 0.15) is 5.76 Å². The molecule has 0 spiro atoms. The van der Waals surface area contributed by atoms with Gasteiger partial charge in [0.25, 0.3) is 5.91 Å². The number of amidine groups is 1. The predicted octanol–water partition coefficient (Wildman–Crippen LogP) is 6.78. The molecule has 0 unspecified atom stereocenters. The van der Waals surface area contributed by atoms with Gasteiger partial charge in [-0.1, -0.05) is 50.3 Å². The van der Waals surface area contributed by atoms with Gasteiger partial charge in [-0.05, 0) is 77.7 Å². The number of methoxy groups -OCH3 is 1. The highest BCUT2D eigenvalue weighted by atomic mass is 32.2. The van der Waals surface area contributed by atoms with Crippen molar-refractivity contribution in [3.8, 4) is 11.5 Å². The van der Waals surface area contributed by atoms with E-state index in [1.807, 2.05) is 73.7 Å². The number of nitrogens with zero attached hydrogens (tertiary/aromatic N) is 3. The van der Waals surface area contributed by atoms with Gasteiger partial charge < -0.3 is 13.9 Å². The minimum absolute atomic E-state index is 0.144. The quantitative estimate of drug-likeness (QED) is 0.164. The Hall–Kier alpha value is -4.04. The Morgan fingerprint density at radius 1 is 1.08 bits per heavy atom. The third-order valence-corrected chi connectivity index (χ3v) is 6.44. The number of ether oxygens (including phenoxy) is 2. The van der Waals surface area contributed by atoms with E-state index in [1.54, 1.807) is 30.6 Å². The maximum atomic E-state index is 13.3. The Kier molecular flexibility index (Phi) is 9.21. The van der Waals surface area contributed by atoms with E-state index in [4.69, 9.17) is 13.9 Å². The summed E-state index contributed by atoms with van der Waals surface area (Å²) < 4.78 is 16.8. The number of thioether (sulfide) groups is 1. The maximum Gasteiger partial charge on any atom is 0.267 e. The molecular weight excluding hydrogens is 498 g/mol. The highest BCUT2D eigenvalue weighted by Crippen LogP contribution is 2.33. The van der Waals surface area contributed by atoms with Gasteiger partial charge in [0.05, 0.1) is 37.6 Å². The molecule has 0 saturated carbocycles. The summed E-state index contributed by atoms with van der Waals surface area (Å²) in [5.74, 6) is 2.23. The van der Waals surface area contributed by atoms with Gasteiger partial charge in [-0.15, -0.1) is 5.10 Å². The monoisotopic (exact) mass is 529 g/mol. The number of hydrogen-bond donors (Lipinski definition) is 0. The number of benzene rings is 2. The number of hydrogen-bond acceptors (Lipinski definition) is 7. The SMILES string of the molecule is COc1cc(/C=N/N=C2\S/C(=C\C(C)=C\c3ccccc3)C(=O)N2Cc2ccco2)ccc1OCC(C)C. The van der Waals surface area contributed by atoms with Crippen molar-refractivity contribution in [2.45, 2.75) is 27.3 Å². The fourth-order valence-electron chi connectivity index (χ4n) is 3.63. The van der Waals surface area contributed by atoms with Crippen molar-refractivity contribution in [1.29, 1.82) is 0 Å². The second-order valence-electron chi connectivity index (χ2n) is 9.12. The lowest BCUT2D eigenvalue weighted by Gasteiger charge is -2.13. The van der Waals surface area contributed by atoms with Crippen molar-refractivity contribution >= 4 is 35.1 Å². The zero-order valence-electron chi connectivity index (χ0n) is 22.0. The zero-order valence-corrected chi connectivity index (χ0v) is 22.8. The molecule has 1 saturated heterocycles. The molecule has 0 atom stereocenters. The number of allylic oxidation sites excluding steroid dienone is 2. The van der Waals surface area contributed by atoms with Crippen LogP contribution in [0.15, 0.2) is 98.1 Å². The first-order valence-corrected chi connectivity index (χ1v) is 13.1. The van der Waals surface area contributed by atoms with Crippen molar-refractivity contribution in [3.63, 3.8) is 0 Å². The lowest BCUT2D eigenvalue weighted by Crippen LogP contribution is -2.28. The summed E-state index contributed by atoms with van der Waals surface area (Å²) in [6.07, 6.45) is 7.12. The lowest BCUT2D eigenvalue weighted by atomic mass is 10.1. The van der Waals surface area contributed by atoms with E-state index < -0.39 is 0 Å². The van der Waals surface area contributed by atoms with Gasteiger partial charge in [-0.3, -0.25) is 9.69 Å². The molecule has 1 aliphatic rings. The number of carbonyl (C=O) groups is 1. The second kappa shape index (κ2) is 13.0. The smallest absolute Gasteiger partial charge is 0.267 e. The molecule has 7 nitrogen and oxygen atoms in total. The Morgan fingerprint density at radius 3 is 2.61 bits per heavy atom. The molecular formula is C30H31N3O4S. The molecule has 0 aliphatic carbocycles. The summed E-state index contributed by atoms with van der Waals surface area (Å²) in [7, 11) is 1.61. The van der Waals surface area contributed by atoms with Crippen LogP contribution in [0.2, 0.25) is 0 Å². The number of furan rings is 1. The molecule has 1 aliphatic heterocycles. The highest BCUT2D eigenvalue weighted by molar-refractivity contribution is 8.18. The Bertz CT molecular complexity index is 1360. The lowest BCUT2D eigenvalue weighted by molar-refractivity contribution is -0.122. The van der Waals surface area contributed by atoms with Crippen molar-refractivity contribution < 1.29 is 18.7 Å². The molecule has 1 aromatic heterocycles. The third-order valence-electron chi connectivity index (χ3n) is 5.44. The summed E-state index contributed by atoms with van der Waals surface area (Å²) >= 11 is 1.29. The summed E-state index contributed by atoms with van der Waals surface area (Å²) in [5.41, 5.74) is 2.83. The predicted molar refractivity (Wildman–Crippen MR) is 153 cm³/mol. The van der Waals surface area contributed by atoms with Gasteiger partial charge in [0.2, 0.25) is 0 Å². The van der Waals surface area contributed by atoms with Crippen LogP contribution in [-0.4, -0.2) is 35.9 Å². The van der Waals surface area contributed by atoms with Gasteiger partial charge in [0, 0.05) is 0 Å². The van der Waals surface area contributed by atoms with Crippen LogP contribution < -0.4 is 9.47 Å². The molecule has 0 N–H and O–H groups in total. The molecule has 2 heterocycles. The van der Waals surface area contributed by atoms with Crippen molar-refractivity contribution in [1.82, 2.24) is 4.90 Å². The van der Waals surface area contributed by atoms with Crippen LogP contribution in [0, 0.1) is 5.92 Å². The average Bonchev–Trinajstić information content (AvgIpc) is 3.52. The standard InChI is InChI=1S/C30H31N3O4S/c1-21(2)20-37-26-13-12-24(17-27(26)35-4)18-31-32-30-33(19-25-11-8-14-36-25)29(34)28(38-30)16-22(3)15-23-9-6-5-7-10-23/h5-18,21H,19-20H2,1-4H3/b22-15+,28-16-,31-18+,32-30-. The van der Waals surface area contributed by atoms with Crippen LogP contribution in [-0.2, 0) is 11.3 Å². The van der Waals surface area contributed by atoms with E-state index in [-0.39, 0.29) is 12.5 Å². The van der Waals surface area contributed by atoms with Crippen LogP contribution in [0.4, 0.5) is 0 Å². The van der Waals surface area contributed by atoms with Gasteiger partial charge in [-0.25, -0.2) is 0 Å². The fourth-order valence-corrected chi connectivity index (χ4v) is 4.61. The van der Waals surface area contributed by atoms with Gasteiger partial charge >= 0.3 is 0 Å². The molecule has 1 fully saturated rings. The van der Waals surface area contributed by atoms with Crippen molar-refractivity contribution in [2.24, 2.45) is 16.1 Å². The average molecular weight is 530 g/mol. The van der Waals surface area contributed by atoms with Crippen LogP contribution in [0.25, 0.3) is 6.08 Å². The first kappa shape index (κ1) is 27.0. The third kappa shape index (κ3) is 7.26. The van der Waals surface area contributed by atoms with Crippen LogP contribution in [0.3, 0.4) is 0 Å². The minimum atomic E-state index is -0.144. The molecule has 3 aromatic rings. The Balaban J connectivity index is 1.56. The molecule has 0 radical (unpaired) electrons. The van der Waals surface area contributed by atoms with Crippen molar-refractivity contribution in [3.05, 3.63) is 100 Å². The summed E-state index contributed by atoms with van der Waals surface area (Å²) in [5, 5.41) is 9.14. The van der Waals surface area contributed by atoms with E-state index in [0.29, 0.717) is 39.9 Å². The van der Waals surface area contributed by atoms with E-state index in [0.717, 1.165) is 16.7 Å². The van der Waals surface area contributed by atoms with Crippen LogP contribution >= 0.6 is 11.8 Å². The largest absolute Gasteiger partial charge is 0.493 e. The van der Waals surface area contributed by atoms with E-state index in [9.17, 15) is 4.79 Å². The van der Waals surface area contributed by atoms with Gasteiger partial charge in [0.15, 0.2) is 16.7 Å². The fraction of sp³-hybridized carbons (Fsp3) is 0.233. The molecule has 4 rings (SSSR count). The first-order valence-electron chi connectivity index (χ1n) is 12.3. The number of amides is 1. The van der Waals surface area contributed by atoms with E-state index in [1.165, 1.54) is 11.8 Å². The van der Waals surface area contributed by atoms with Crippen LogP contribution in [0.1, 0.15) is 37.7 Å². The highest BCUT2D eigenvalue weighted by Gasteiger charge is 2.34. The molecule has 0 bridgehead atoms. The van der Waals surface area contributed by atoms with Crippen LogP contribution in [0.5, 0.6) is 11.5 Å². The Labute approximate surface area is 227 Å². The topological polar surface area (TPSA) is 76.6 Å². The zero-order chi connectivity index (χ0) is 26.9. The summed E-state index contributed by atoms with van der Waals surface area (Å²) in [4.78, 5) is 15.4. The van der Waals surface area contributed by atoms with Gasteiger partial charge in [-0.2, -0.15) is 5.10 Å².